The number of allylic oxidation sites excluding steroid dienone is 3. The van der Waals surface area contributed by atoms with E-state index in [0.717, 1.165) is 11.1 Å². The van der Waals surface area contributed by atoms with E-state index in [0.29, 0.717) is 11.1 Å². The quantitative estimate of drug-likeness (QED) is 0.692. The maximum absolute atomic E-state index is 16.0. The topological polar surface area (TPSA) is 99.4 Å². The number of ether oxygens (including phenoxy) is 1. The van der Waals surface area contributed by atoms with Crippen LogP contribution in [0.5, 0.6) is 0 Å². The van der Waals surface area contributed by atoms with Crippen LogP contribution in [0.3, 0.4) is 0 Å². The molecule has 0 saturated heterocycles. The molecule has 0 aliphatic heterocycles. The summed E-state index contributed by atoms with van der Waals surface area (Å²) in [6.07, 6.45) is 0.133. The Hall–Kier alpha value is -3.14. The molecule has 166 valence electrons. The number of halogens is 1. The van der Waals surface area contributed by atoms with E-state index in [4.69, 9.17) is 4.74 Å². The molecular formula is C24H29FN2O4. The van der Waals surface area contributed by atoms with Gasteiger partial charge >= 0.3 is 12.1 Å². The van der Waals surface area contributed by atoms with Gasteiger partial charge in [0.25, 0.3) is 0 Å². The average Bonchev–Trinajstić information content (AvgIpc) is 2.65. The molecule has 0 bridgehead atoms. The predicted molar refractivity (Wildman–Crippen MR) is 116 cm³/mol. The smallest absolute Gasteiger partial charge is 0.407 e. The van der Waals surface area contributed by atoms with Crippen LogP contribution >= 0.6 is 0 Å². The molecule has 3 atom stereocenters. The second kappa shape index (κ2) is 8.93. The standard InChI is InChI=1S/C24H29FN2O4/c1-14-9-7-8-10-17(14)18-11-19(24(25,13-26)16(3)15(18)2)20(12-21(28)29)27-22(30)31-23(4,5)6/h7-11,19-20H,12H2,1-6H3,(H,27,30)(H,28,29). The van der Waals surface area contributed by atoms with Gasteiger partial charge < -0.3 is 15.2 Å². The molecule has 0 aromatic heterocycles. The highest BCUT2D eigenvalue weighted by Crippen LogP contribution is 2.45. The van der Waals surface area contributed by atoms with Crippen LogP contribution in [0.4, 0.5) is 9.18 Å². The summed E-state index contributed by atoms with van der Waals surface area (Å²) in [4.78, 5) is 23.9. The van der Waals surface area contributed by atoms with Gasteiger partial charge in [-0.25, -0.2) is 9.18 Å². The number of alkyl carbamates (subject to hydrolysis) is 1. The monoisotopic (exact) mass is 428 g/mol. The highest BCUT2D eigenvalue weighted by atomic mass is 19.1. The van der Waals surface area contributed by atoms with Crippen LogP contribution in [-0.2, 0) is 9.53 Å². The number of nitrogens with one attached hydrogen (secondary N) is 1. The van der Waals surface area contributed by atoms with Gasteiger partial charge in [0.15, 0.2) is 0 Å². The van der Waals surface area contributed by atoms with E-state index in [1.807, 2.05) is 31.2 Å². The van der Waals surface area contributed by atoms with Crippen LogP contribution in [0.1, 0.15) is 52.2 Å². The third-order valence-electron chi connectivity index (χ3n) is 5.45. The van der Waals surface area contributed by atoms with E-state index in [-0.39, 0.29) is 5.57 Å². The second-order valence-electron chi connectivity index (χ2n) is 8.85. The summed E-state index contributed by atoms with van der Waals surface area (Å²) in [5.41, 5.74) is 0.0361. The van der Waals surface area contributed by atoms with Gasteiger partial charge in [-0.3, -0.25) is 4.79 Å². The number of rotatable bonds is 5. The number of aliphatic carboxylic acids is 1. The number of benzene rings is 1. The van der Waals surface area contributed by atoms with E-state index in [2.05, 4.69) is 5.32 Å². The molecule has 3 unspecified atom stereocenters. The third kappa shape index (κ3) is 5.32. The molecule has 0 radical (unpaired) electrons. The molecule has 6 nitrogen and oxygen atoms in total. The van der Waals surface area contributed by atoms with Crippen LogP contribution in [0.2, 0.25) is 0 Å². The van der Waals surface area contributed by atoms with Crippen LogP contribution in [0.15, 0.2) is 41.5 Å². The fraction of sp³-hybridized carbons (Fsp3) is 0.458. The van der Waals surface area contributed by atoms with Crippen molar-refractivity contribution < 1.29 is 23.8 Å². The van der Waals surface area contributed by atoms with Gasteiger partial charge in [0.1, 0.15) is 11.7 Å². The minimum atomic E-state index is -2.48. The van der Waals surface area contributed by atoms with Crippen molar-refractivity contribution in [2.45, 2.75) is 65.3 Å². The molecule has 2 N–H and O–H groups in total. The molecular weight excluding hydrogens is 399 g/mol. The summed E-state index contributed by atoms with van der Waals surface area (Å²) in [7, 11) is 0. The molecule has 1 aliphatic rings. The van der Waals surface area contributed by atoms with E-state index in [9.17, 15) is 20.0 Å². The Bertz CT molecular complexity index is 984. The van der Waals surface area contributed by atoms with Crippen molar-refractivity contribution in [2.75, 3.05) is 0 Å². The van der Waals surface area contributed by atoms with Gasteiger partial charge in [-0.2, -0.15) is 5.26 Å². The number of carbonyl (C=O) groups excluding carboxylic acids is 1. The zero-order valence-corrected chi connectivity index (χ0v) is 18.7. The Morgan fingerprint density at radius 1 is 1.29 bits per heavy atom. The summed E-state index contributed by atoms with van der Waals surface area (Å²) >= 11 is 0. The predicted octanol–water partition coefficient (Wildman–Crippen LogP) is 4.94. The van der Waals surface area contributed by atoms with Gasteiger partial charge in [0.05, 0.1) is 18.4 Å². The maximum Gasteiger partial charge on any atom is 0.407 e. The van der Waals surface area contributed by atoms with Crippen molar-refractivity contribution in [1.29, 1.82) is 5.26 Å². The number of alkyl halides is 1. The number of hydrogen-bond acceptors (Lipinski definition) is 4. The van der Waals surface area contributed by atoms with Crippen LogP contribution in [0, 0.1) is 24.2 Å². The molecule has 2 rings (SSSR count). The van der Waals surface area contributed by atoms with Crippen LogP contribution in [-0.4, -0.2) is 34.5 Å². The number of carboxylic acid groups (broad SMARTS) is 1. The zero-order chi connectivity index (χ0) is 23.6. The Morgan fingerprint density at radius 2 is 1.90 bits per heavy atom. The van der Waals surface area contributed by atoms with Gasteiger partial charge in [-0.1, -0.05) is 30.3 Å². The molecule has 31 heavy (non-hydrogen) atoms. The van der Waals surface area contributed by atoms with Crippen molar-refractivity contribution in [3.8, 4) is 6.07 Å². The SMILES string of the molecule is CC1=C(C)C(F)(C#N)C(C(CC(=O)O)NC(=O)OC(C)(C)C)C=C1c1ccccc1C. The lowest BCUT2D eigenvalue weighted by atomic mass is 9.70. The lowest BCUT2D eigenvalue weighted by Crippen LogP contribution is -2.51. The number of carbonyl (C=O) groups is 2. The summed E-state index contributed by atoms with van der Waals surface area (Å²) in [5.74, 6) is -2.45. The highest BCUT2D eigenvalue weighted by Gasteiger charge is 2.49. The summed E-state index contributed by atoms with van der Waals surface area (Å²) in [6, 6.07) is 8.08. The Labute approximate surface area is 182 Å². The van der Waals surface area contributed by atoms with Crippen molar-refractivity contribution in [2.24, 2.45) is 5.92 Å². The van der Waals surface area contributed by atoms with Crippen LogP contribution in [0.25, 0.3) is 5.57 Å². The van der Waals surface area contributed by atoms with E-state index in [1.54, 1.807) is 39.8 Å². The summed E-state index contributed by atoms with van der Waals surface area (Å²) in [5, 5.41) is 21.6. The van der Waals surface area contributed by atoms with Gasteiger partial charge in [-0.15, -0.1) is 0 Å². The van der Waals surface area contributed by atoms with E-state index in [1.165, 1.54) is 6.92 Å². The number of nitrogens with zero attached hydrogens (tertiary/aromatic N) is 1. The van der Waals surface area contributed by atoms with E-state index >= 15 is 4.39 Å². The van der Waals surface area contributed by atoms with Crippen molar-refractivity contribution in [1.82, 2.24) is 5.32 Å². The first kappa shape index (κ1) is 24.1. The molecule has 7 heteroatoms. The lowest BCUT2D eigenvalue weighted by Gasteiger charge is -2.38. The van der Waals surface area contributed by atoms with E-state index < -0.39 is 41.7 Å². The largest absolute Gasteiger partial charge is 0.481 e. The van der Waals surface area contributed by atoms with Crippen molar-refractivity contribution in [3.05, 3.63) is 52.6 Å². The van der Waals surface area contributed by atoms with Gasteiger partial charge in [0, 0.05) is 0 Å². The third-order valence-corrected chi connectivity index (χ3v) is 5.45. The van der Waals surface area contributed by atoms with Gasteiger partial charge in [-0.05, 0) is 69.4 Å². The molecule has 0 saturated carbocycles. The minimum Gasteiger partial charge on any atom is -0.481 e. The van der Waals surface area contributed by atoms with Crippen LogP contribution < -0.4 is 5.32 Å². The fourth-order valence-corrected chi connectivity index (χ4v) is 3.78. The maximum atomic E-state index is 16.0. The van der Waals surface area contributed by atoms with Crippen molar-refractivity contribution >= 4 is 17.6 Å². The van der Waals surface area contributed by atoms with Crippen molar-refractivity contribution in [3.63, 3.8) is 0 Å². The normalized spacial score (nSPS) is 22.3. The Morgan fingerprint density at radius 3 is 2.42 bits per heavy atom. The summed E-state index contributed by atoms with van der Waals surface area (Å²) in [6.45, 7) is 10.2. The fourth-order valence-electron chi connectivity index (χ4n) is 3.78. The molecule has 1 aromatic rings. The Kier molecular flexibility index (Phi) is 6.95. The molecule has 1 aromatic carbocycles. The molecule has 0 heterocycles. The Balaban J connectivity index is 2.60. The first-order chi connectivity index (χ1) is 14.3. The first-order valence-electron chi connectivity index (χ1n) is 10.1. The molecule has 0 spiro atoms. The molecule has 1 aliphatic carbocycles. The number of carboxylic acids is 1. The first-order valence-corrected chi connectivity index (χ1v) is 10.1. The number of amides is 1. The average molecular weight is 429 g/mol. The van der Waals surface area contributed by atoms with Gasteiger partial charge in [0.2, 0.25) is 5.67 Å². The highest BCUT2D eigenvalue weighted by molar-refractivity contribution is 5.84. The molecule has 0 fully saturated rings. The number of nitriles is 1. The molecule has 1 amide bonds. The minimum absolute atomic E-state index is 0.196. The summed E-state index contributed by atoms with van der Waals surface area (Å²) < 4.78 is 21.3. The number of hydrogen-bond donors (Lipinski definition) is 2. The number of aryl methyl sites for hydroxylation is 1. The second-order valence-corrected chi connectivity index (χ2v) is 8.85. The lowest BCUT2D eigenvalue weighted by molar-refractivity contribution is -0.137. The zero-order valence-electron chi connectivity index (χ0n) is 18.7.